The smallest absolute Gasteiger partial charge is 0.240 e. The van der Waals surface area contributed by atoms with E-state index >= 15 is 0 Å². The molecule has 1 unspecified atom stereocenters. The molecule has 1 aliphatic heterocycles. The van der Waals surface area contributed by atoms with Crippen LogP contribution in [-0.2, 0) is 24.1 Å². The average Bonchev–Trinajstić information content (AvgIpc) is 3.05. The molecule has 0 amide bonds. The molecule has 1 saturated heterocycles. The molecule has 0 saturated carbocycles. The molecule has 2 aromatic rings. The summed E-state index contributed by atoms with van der Waals surface area (Å²) in [5.41, 5.74) is 2.64. The highest BCUT2D eigenvalue weighted by Crippen LogP contribution is 2.28. The Hall–Kier alpha value is -2.06. The van der Waals surface area contributed by atoms with E-state index in [1.165, 1.54) is 24.1 Å². The maximum Gasteiger partial charge on any atom is 0.240 e. The maximum absolute atomic E-state index is 5.42. The van der Waals surface area contributed by atoms with E-state index in [1.54, 1.807) is 7.11 Å². The summed E-state index contributed by atoms with van der Waals surface area (Å²) in [7, 11) is 1.65. The Bertz CT molecular complexity index is 808. The Labute approximate surface area is 166 Å². The molecule has 152 valence electrons. The van der Waals surface area contributed by atoms with Gasteiger partial charge in [-0.05, 0) is 46.0 Å². The van der Waals surface area contributed by atoms with Crippen molar-refractivity contribution in [3.05, 3.63) is 28.8 Å². The Morgan fingerprint density at radius 3 is 2.75 bits per heavy atom. The van der Waals surface area contributed by atoms with Crippen molar-refractivity contribution in [1.82, 2.24) is 25.0 Å². The minimum absolute atomic E-state index is 0.149. The van der Waals surface area contributed by atoms with Gasteiger partial charge in [0, 0.05) is 44.5 Å². The van der Waals surface area contributed by atoms with Crippen LogP contribution < -0.4 is 4.90 Å². The number of rotatable bonds is 5. The Kier molecular flexibility index (Phi) is 5.87. The second-order valence-electron chi connectivity index (χ2n) is 7.77. The molecule has 0 radical (unpaired) electrons. The molecule has 1 fully saturated rings. The van der Waals surface area contributed by atoms with Gasteiger partial charge < -0.3 is 14.2 Å². The van der Waals surface area contributed by atoms with Gasteiger partial charge >= 0.3 is 0 Å². The number of aromatic nitrogens is 4. The van der Waals surface area contributed by atoms with Crippen molar-refractivity contribution in [2.75, 3.05) is 38.2 Å². The molecule has 1 aliphatic carbocycles. The lowest BCUT2D eigenvalue weighted by Crippen LogP contribution is -2.32. The normalized spacial score (nSPS) is 19.3. The highest BCUT2D eigenvalue weighted by Gasteiger charge is 2.24. The minimum Gasteiger partial charge on any atom is -0.374 e. The summed E-state index contributed by atoms with van der Waals surface area (Å²) in [5.74, 6) is 3.32. The van der Waals surface area contributed by atoms with Gasteiger partial charge in [0.1, 0.15) is 17.7 Å². The Balaban J connectivity index is 1.43. The summed E-state index contributed by atoms with van der Waals surface area (Å²) in [5, 5.41) is 4.03. The number of fused-ring (bicyclic) bond motifs is 1. The molecule has 8 nitrogen and oxygen atoms in total. The molecule has 0 bridgehead atoms. The van der Waals surface area contributed by atoms with Crippen molar-refractivity contribution in [3.8, 4) is 0 Å². The molecule has 2 aromatic heterocycles. The first-order valence-electron chi connectivity index (χ1n) is 10.3. The quantitative estimate of drug-likeness (QED) is 0.775. The maximum atomic E-state index is 5.42. The van der Waals surface area contributed by atoms with E-state index in [2.05, 4.69) is 19.9 Å². The fourth-order valence-electron chi connectivity index (χ4n) is 4.09. The third-order valence-electron chi connectivity index (χ3n) is 5.72. The summed E-state index contributed by atoms with van der Waals surface area (Å²) in [6.45, 7) is 8.56. The van der Waals surface area contributed by atoms with Crippen molar-refractivity contribution >= 4 is 5.82 Å². The second-order valence-corrected chi connectivity index (χ2v) is 7.77. The predicted octanol–water partition coefficient (Wildman–Crippen LogP) is 2.47. The molecule has 0 spiro atoms. The first kappa shape index (κ1) is 19.3. The van der Waals surface area contributed by atoms with E-state index in [0.717, 1.165) is 57.1 Å². The topological polar surface area (TPSA) is 80.4 Å². The second kappa shape index (κ2) is 8.53. The van der Waals surface area contributed by atoms with Crippen molar-refractivity contribution in [1.29, 1.82) is 0 Å². The summed E-state index contributed by atoms with van der Waals surface area (Å²) in [6.07, 6.45) is 5.62. The van der Waals surface area contributed by atoms with Crippen molar-refractivity contribution in [3.63, 3.8) is 0 Å². The van der Waals surface area contributed by atoms with Crippen LogP contribution in [0.3, 0.4) is 0 Å². The zero-order valence-corrected chi connectivity index (χ0v) is 17.1. The van der Waals surface area contributed by atoms with E-state index in [-0.39, 0.29) is 6.10 Å². The number of methoxy groups -OCH3 is 1. The lowest BCUT2D eigenvalue weighted by Gasteiger charge is -2.27. The summed E-state index contributed by atoms with van der Waals surface area (Å²) < 4.78 is 10.7. The van der Waals surface area contributed by atoms with Gasteiger partial charge in [-0.25, -0.2) is 9.97 Å². The van der Waals surface area contributed by atoms with Crippen molar-refractivity contribution in [2.45, 2.75) is 58.6 Å². The Morgan fingerprint density at radius 2 is 1.89 bits per heavy atom. The van der Waals surface area contributed by atoms with Crippen molar-refractivity contribution in [2.24, 2.45) is 0 Å². The van der Waals surface area contributed by atoms with Crippen LogP contribution in [0.4, 0.5) is 5.82 Å². The summed E-state index contributed by atoms with van der Waals surface area (Å²) in [4.78, 5) is 18.8. The predicted molar refractivity (Wildman–Crippen MR) is 105 cm³/mol. The zero-order chi connectivity index (χ0) is 19.5. The largest absolute Gasteiger partial charge is 0.374 e. The van der Waals surface area contributed by atoms with Crippen LogP contribution in [0.1, 0.15) is 61.1 Å². The summed E-state index contributed by atoms with van der Waals surface area (Å²) in [6, 6.07) is 0. The third-order valence-corrected chi connectivity index (χ3v) is 5.72. The number of aryl methyl sites for hydroxylation is 2. The molecular weight excluding hydrogens is 356 g/mol. The molecule has 3 heterocycles. The average molecular weight is 387 g/mol. The van der Waals surface area contributed by atoms with Crippen LogP contribution >= 0.6 is 0 Å². The van der Waals surface area contributed by atoms with Crippen LogP contribution in [0.15, 0.2) is 4.52 Å². The van der Waals surface area contributed by atoms with E-state index in [9.17, 15) is 0 Å². The fraction of sp³-hybridized carbons (Fsp3) is 0.700. The standard InChI is InChI=1S/C20H30N6O2/c1-14(27-3)19-23-18(28-24-19)13-25-9-6-10-26(12-11-25)20-16-7-4-5-8-17(16)21-15(2)22-20/h14H,4-13H2,1-3H3. The molecule has 2 aliphatic rings. The van der Waals surface area contributed by atoms with Gasteiger partial charge in [-0.3, -0.25) is 4.90 Å². The first-order chi connectivity index (χ1) is 13.6. The van der Waals surface area contributed by atoms with Gasteiger partial charge in [0.15, 0.2) is 5.82 Å². The highest BCUT2D eigenvalue weighted by atomic mass is 16.5. The Morgan fingerprint density at radius 1 is 1.04 bits per heavy atom. The monoisotopic (exact) mass is 386 g/mol. The lowest BCUT2D eigenvalue weighted by atomic mass is 9.96. The van der Waals surface area contributed by atoms with E-state index in [1.807, 2.05) is 13.8 Å². The summed E-state index contributed by atoms with van der Waals surface area (Å²) >= 11 is 0. The van der Waals surface area contributed by atoms with E-state index in [4.69, 9.17) is 19.2 Å². The lowest BCUT2D eigenvalue weighted by molar-refractivity contribution is 0.109. The molecule has 0 aromatic carbocycles. The molecule has 1 atom stereocenters. The molecular formula is C20H30N6O2. The van der Waals surface area contributed by atoms with E-state index in [0.29, 0.717) is 18.3 Å². The number of hydrogen-bond donors (Lipinski definition) is 0. The van der Waals surface area contributed by atoms with Crippen LogP contribution in [0, 0.1) is 6.92 Å². The molecule has 28 heavy (non-hydrogen) atoms. The van der Waals surface area contributed by atoms with Gasteiger partial charge in [0.2, 0.25) is 5.89 Å². The number of nitrogens with zero attached hydrogens (tertiary/aromatic N) is 6. The molecule has 0 N–H and O–H groups in total. The minimum atomic E-state index is -0.149. The first-order valence-corrected chi connectivity index (χ1v) is 10.3. The van der Waals surface area contributed by atoms with Gasteiger partial charge in [-0.1, -0.05) is 5.16 Å². The fourth-order valence-corrected chi connectivity index (χ4v) is 4.09. The highest BCUT2D eigenvalue weighted by molar-refractivity contribution is 5.50. The number of ether oxygens (including phenoxy) is 1. The van der Waals surface area contributed by atoms with Gasteiger partial charge in [-0.15, -0.1) is 0 Å². The van der Waals surface area contributed by atoms with Gasteiger partial charge in [-0.2, -0.15) is 4.98 Å². The number of hydrogen-bond acceptors (Lipinski definition) is 8. The molecule has 4 rings (SSSR count). The van der Waals surface area contributed by atoms with E-state index < -0.39 is 0 Å². The zero-order valence-electron chi connectivity index (χ0n) is 17.1. The van der Waals surface area contributed by atoms with Crippen LogP contribution in [0.25, 0.3) is 0 Å². The molecule has 8 heteroatoms. The van der Waals surface area contributed by atoms with Crippen LogP contribution in [-0.4, -0.2) is 58.3 Å². The third kappa shape index (κ3) is 4.17. The van der Waals surface area contributed by atoms with Gasteiger partial charge in [0.05, 0.1) is 6.54 Å². The van der Waals surface area contributed by atoms with Crippen LogP contribution in [0.2, 0.25) is 0 Å². The number of anilines is 1. The van der Waals surface area contributed by atoms with Gasteiger partial charge in [0.25, 0.3) is 0 Å². The van der Waals surface area contributed by atoms with Crippen molar-refractivity contribution < 1.29 is 9.26 Å². The van der Waals surface area contributed by atoms with Crippen LogP contribution in [0.5, 0.6) is 0 Å². The SMILES string of the molecule is COC(C)c1noc(CN2CCCN(c3nc(C)nc4c3CCCC4)CC2)n1.